The van der Waals surface area contributed by atoms with E-state index in [1.165, 1.54) is 96.3 Å². The predicted octanol–water partition coefficient (Wildman–Crippen LogP) is 17.4. The van der Waals surface area contributed by atoms with Crippen molar-refractivity contribution in [2.75, 3.05) is 39.6 Å². The molecular formula is C64H124O17P2. The Balaban J connectivity index is 5.27. The topological polar surface area (TPSA) is 237 Å². The average molecular weight is 1230 g/mol. The molecule has 0 rings (SSSR count). The molecule has 0 bridgehead atoms. The Morgan fingerprint density at radius 3 is 0.855 bits per heavy atom. The zero-order chi connectivity index (χ0) is 61.8. The first kappa shape index (κ1) is 81.1. The van der Waals surface area contributed by atoms with Crippen molar-refractivity contribution in [2.24, 2.45) is 23.7 Å². The number of carbonyl (C=O) groups excluding carboxylic acids is 4. The Morgan fingerprint density at radius 1 is 0.337 bits per heavy atom. The molecular weight excluding hydrogens is 1100 g/mol. The number of phosphoric acid groups is 2. The van der Waals surface area contributed by atoms with Gasteiger partial charge in [-0.3, -0.25) is 37.3 Å². The largest absolute Gasteiger partial charge is 0.472 e. The molecule has 0 aliphatic rings. The van der Waals surface area contributed by atoms with Crippen LogP contribution in [0.4, 0.5) is 0 Å². The quantitative estimate of drug-likeness (QED) is 0.0222. The van der Waals surface area contributed by atoms with Crippen LogP contribution in [0.2, 0.25) is 0 Å². The molecule has 0 saturated carbocycles. The molecule has 3 N–H and O–H groups in total. The summed E-state index contributed by atoms with van der Waals surface area (Å²) in [5.74, 6) is 0.781. The zero-order valence-electron chi connectivity index (χ0n) is 53.8. The number of rotatable bonds is 61. The SMILES string of the molecule is CCC(C)CCCCCCCCCCC(=O)O[C@H](COC(=O)CCCCCCCCCC(C)C)COP(=O)(O)OCC(O)COP(=O)(O)OC[C@@H](COC(=O)CCCCCCCCC(C)C)OC(=O)CCCCCCCCCCC(C)CC. The van der Waals surface area contributed by atoms with E-state index in [9.17, 15) is 43.2 Å². The smallest absolute Gasteiger partial charge is 0.462 e. The van der Waals surface area contributed by atoms with E-state index in [1.54, 1.807) is 0 Å². The Hall–Kier alpha value is -1.94. The molecule has 19 heteroatoms. The van der Waals surface area contributed by atoms with E-state index in [4.69, 9.17) is 37.0 Å². The number of unbranched alkanes of at least 4 members (excludes halogenated alkanes) is 25. The molecule has 0 aliphatic heterocycles. The second-order valence-electron chi connectivity index (χ2n) is 24.6. The van der Waals surface area contributed by atoms with Crippen molar-refractivity contribution in [2.45, 2.75) is 324 Å². The van der Waals surface area contributed by atoms with E-state index in [-0.39, 0.29) is 25.7 Å². The van der Waals surface area contributed by atoms with Crippen molar-refractivity contribution < 1.29 is 80.2 Å². The molecule has 0 fully saturated rings. The van der Waals surface area contributed by atoms with Crippen LogP contribution in [0.3, 0.4) is 0 Å². The Kier molecular flexibility index (Phi) is 53.0. The molecule has 83 heavy (non-hydrogen) atoms. The summed E-state index contributed by atoms with van der Waals surface area (Å²) in [4.78, 5) is 72.2. The Bertz CT molecular complexity index is 1670. The third kappa shape index (κ3) is 56.3. The molecule has 492 valence electrons. The van der Waals surface area contributed by atoms with Crippen molar-refractivity contribution in [1.29, 1.82) is 0 Å². The van der Waals surface area contributed by atoms with Gasteiger partial charge in [0.25, 0.3) is 0 Å². The van der Waals surface area contributed by atoms with E-state index in [2.05, 4.69) is 55.4 Å². The van der Waals surface area contributed by atoms with Crippen molar-refractivity contribution >= 4 is 39.5 Å². The molecule has 0 radical (unpaired) electrons. The molecule has 17 nitrogen and oxygen atoms in total. The Labute approximate surface area is 505 Å². The summed E-state index contributed by atoms with van der Waals surface area (Å²) in [6.07, 6.45) is 33.6. The maximum atomic E-state index is 13.0. The number of esters is 4. The number of aliphatic hydroxyl groups is 1. The summed E-state index contributed by atoms with van der Waals surface area (Å²) >= 11 is 0. The lowest BCUT2D eigenvalue weighted by Gasteiger charge is -2.21. The molecule has 0 aromatic heterocycles. The Morgan fingerprint density at radius 2 is 0.578 bits per heavy atom. The third-order valence-electron chi connectivity index (χ3n) is 15.3. The second-order valence-corrected chi connectivity index (χ2v) is 27.5. The van der Waals surface area contributed by atoms with Crippen LogP contribution in [-0.2, 0) is 65.4 Å². The second kappa shape index (κ2) is 54.2. The highest BCUT2D eigenvalue weighted by Gasteiger charge is 2.30. The van der Waals surface area contributed by atoms with Gasteiger partial charge >= 0.3 is 39.5 Å². The van der Waals surface area contributed by atoms with Gasteiger partial charge in [-0.05, 0) is 49.4 Å². The van der Waals surface area contributed by atoms with E-state index in [1.807, 2.05) is 0 Å². The van der Waals surface area contributed by atoms with Gasteiger partial charge in [0.1, 0.15) is 19.3 Å². The van der Waals surface area contributed by atoms with Crippen LogP contribution in [0.15, 0.2) is 0 Å². The highest BCUT2D eigenvalue weighted by molar-refractivity contribution is 7.47. The lowest BCUT2D eigenvalue weighted by atomic mass is 9.99. The summed E-state index contributed by atoms with van der Waals surface area (Å²) in [6, 6.07) is 0. The van der Waals surface area contributed by atoms with Crippen LogP contribution in [0, 0.1) is 23.7 Å². The molecule has 0 amide bonds. The summed E-state index contributed by atoms with van der Waals surface area (Å²) in [7, 11) is -9.89. The highest BCUT2D eigenvalue weighted by Crippen LogP contribution is 2.45. The molecule has 0 aromatic rings. The van der Waals surface area contributed by atoms with Crippen molar-refractivity contribution in [3.63, 3.8) is 0 Å². The van der Waals surface area contributed by atoms with Gasteiger partial charge in [-0.25, -0.2) is 9.13 Å². The van der Waals surface area contributed by atoms with E-state index in [0.29, 0.717) is 37.5 Å². The van der Waals surface area contributed by atoms with Crippen LogP contribution < -0.4 is 0 Å². The monoisotopic (exact) mass is 1230 g/mol. The number of hydrogen-bond acceptors (Lipinski definition) is 15. The van der Waals surface area contributed by atoms with Gasteiger partial charge in [0.05, 0.1) is 26.4 Å². The van der Waals surface area contributed by atoms with Gasteiger partial charge in [-0.15, -0.1) is 0 Å². The first-order chi connectivity index (χ1) is 39.7. The normalized spacial score (nSPS) is 15.1. The van der Waals surface area contributed by atoms with E-state index >= 15 is 0 Å². The van der Waals surface area contributed by atoms with Crippen molar-refractivity contribution in [3.8, 4) is 0 Å². The van der Waals surface area contributed by atoms with Crippen LogP contribution in [0.1, 0.15) is 306 Å². The van der Waals surface area contributed by atoms with Crippen LogP contribution in [0.5, 0.6) is 0 Å². The molecule has 7 atom stereocenters. The first-order valence-corrected chi connectivity index (χ1v) is 36.3. The first-order valence-electron chi connectivity index (χ1n) is 33.3. The fraction of sp³-hybridized carbons (Fsp3) is 0.938. The standard InChI is InChI=1S/C64H124O17P2/c1-9-56(7)42-34-26-17-11-13-19-30-38-46-63(68)80-59(50-74-61(66)44-36-28-21-15-16-24-32-40-54(3)4)52-78-82(70,71)76-48-58(65)49-77-83(72,73)79-53-60(51-75-62(67)45-37-29-23-22-25-33-41-55(5)6)81-64(69)47-39-31-20-14-12-18-27-35-43-57(8)10-2/h54-60,65H,9-53H2,1-8H3,(H,70,71)(H,72,73)/t56?,57?,58?,59-,60-/m1/s1. The van der Waals surface area contributed by atoms with Gasteiger partial charge in [-0.2, -0.15) is 0 Å². The molecule has 0 aromatic carbocycles. The van der Waals surface area contributed by atoms with Gasteiger partial charge < -0.3 is 33.8 Å². The fourth-order valence-corrected chi connectivity index (χ4v) is 10.9. The average Bonchev–Trinajstić information content (AvgIpc) is 3.44. The summed E-state index contributed by atoms with van der Waals surface area (Å²) in [6.45, 7) is 13.9. The van der Waals surface area contributed by atoms with Gasteiger partial charge in [-0.1, -0.05) is 254 Å². The number of hydrogen-bond donors (Lipinski definition) is 3. The van der Waals surface area contributed by atoms with Gasteiger partial charge in [0.2, 0.25) is 0 Å². The molecule has 0 heterocycles. The molecule has 0 saturated heterocycles. The molecule has 0 aliphatic carbocycles. The van der Waals surface area contributed by atoms with Crippen molar-refractivity contribution in [3.05, 3.63) is 0 Å². The maximum absolute atomic E-state index is 13.0. The van der Waals surface area contributed by atoms with Gasteiger partial charge in [0, 0.05) is 25.7 Å². The summed E-state index contributed by atoms with van der Waals surface area (Å²) in [5.41, 5.74) is 0. The van der Waals surface area contributed by atoms with E-state index in [0.717, 1.165) is 115 Å². The minimum Gasteiger partial charge on any atom is -0.462 e. The van der Waals surface area contributed by atoms with Crippen LogP contribution in [0.25, 0.3) is 0 Å². The summed E-state index contributed by atoms with van der Waals surface area (Å²) < 4.78 is 68.0. The van der Waals surface area contributed by atoms with Crippen LogP contribution >= 0.6 is 15.6 Å². The van der Waals surface area contributed by atoms with Crippen molar-refractivity contribution in [1.82, 2.24) is 0 Å². The van der Waals surface area contributed by atoms with Crippen LogP contribution in [-0.4, -0.2) is 96.7 Å². The lowest BCUT2D eigenvalue weighted by Crippen LogP contribution is -2.30. The number of aliphatic hydroxyl groups excluding tert-OH is 1. The highest BCUT2D eigenvalue weighted by atomic mass is 31.2. The number of phosphoric ester groups is 2. The molecule has 0 spiro atoms. The van der Waals surface area contributed by atoms with Gasteiger partial charge in [0.15, 0.2) is 12.2 Å². The number of carbonyl (C=O) groups is 4. The molecule has 5 unspecified atom stereocenters. The third-order valence-corrected chi connectivity index (χ3v) is 17.2. The minimum absolute atomic E-state index is 0.103. The zero-order valence-corrected chi connectivity index (χ0v) is 55.6. The lowest BCUT2D eigenvalue weighted by molar-refractivity contribution is -0.161. The van der Waals surface area contributed by atoms with E-state index < -0.39 is 97.5 Å². The predicted molar refractivity (Wildman–Crippen MR) is 331 cm³/mol. The fourth-order valence-electron chi connectivity index (χ4n) is 9.36. The number of ether oxygens (including phenoxy) is 4. The minimum atomic E-state index is -4.95. The summed E-state index contributed by atoms with van der Waals surface area (Å²) in [5, 5.41) is 10.5. The maximum Gasteiger partial charge on any atom is 0.472 e.